The van der Waals surface area contributed by atoms with Crippen LogP contribution >= 0.6 is 35.6 Å². The minimum atomic E-state index is 0. The highest BCUT2D eigenvalue weighted by molar-refractivity contribution is 14.0. The van der Waals surface area contributed by atoms with E-state index in [9.17, 15) is 0 Å². The standard InChI is InChI=1S/C18H33ClN6.HI/c1-15(12-25-8-6-22(3)7-9-25)11-21-18(20-2)24(5)14-17-10-16(19)13-23(17)4;/h10,13,15H,6-9,11-12,14H2,1-5H3,(H,20,21);1H. The van der Waals surface area contributed by atoms with Crippen molar-refractivity contribution >= 4 is 41.5 Å². The Morgan fingerprint density at radius 3 is 2.50 bits per heavy atom. The number of piperazine rings is 1. The van der Waals surface area contributed by atoms with Crippen molar-refractivity contribution in [1.29, 1.82) is 0 Å². The van der Waals surface area contributed by atoms with Crippen LogP contribution in [0.1, 0.15) is 12.6 Å². The van der Waals surface area contributed by atoms with E-state index in [1.54, 1.807) is 0 Å². The van der Waals surface area contributed by atoms with Crippen molar-refractivity contribution in [2.75, 3.05) is 60.4 Å². The number of aromatic nitrogens is 1. The van der Waals surface area contributed by atoms with Crippen molar-refractivity contribution in [1.82, 2.24) is 24.6 Å². The molecule has 1 saturated heterocycles. The van der Waals surface area contributed by atoms with Crippen LogP contribution < -0.4 is 5.32 Å². The van der Waals surface area contributed by atoms with E-state index in [-0.39, 0.29) is 24.0 Å². The number of halogens is 2. The molecule has 1 aliphatic heterocycles. The van der Waals surface area contributed by atoms with E-state index in [4.69, 9.17) is 11.6 Å². The van der Waals surface area contributed by atoms with Crippen LogP contribution in [-0.2, 0) is 13.6 Å². The first-order chi connectivity index (χ1) is 11.9. The Kier molecular flexibility index (Phi) is 10.3. The van der Waals surface area contributed by atoms with Crippen LogP contribution in [0.5, 0.6) is 0 Å². The van der Waals surface area contributed by atoms with Gasteiger partial charge >= 0.3 is 0 Å². The molecular formula is C18H34ClIN6. The van der Waals surface area contributed by atoms with Crippen LogP contribution in [-0.4, -0.2) is 85.6 Å². The molecule has 0 saturated carbocycles. The molecule has 0 bridgehead atoms. The lowest BCUT2D eigenvalue weighted by Crippen LogP contribution is -2.47. The molecule has 0 spiro atoms. The van der Waals surface area contributed by atoms with E-state index in [0.29, 0.717) is 5.92 Å². The summed E-state index contributed by atoms with van der Waals surface area (Å²) in [6.07, 6.45) is 1.93. The fraction of sp³-hybridized carbons (Fsp3) is 0.722. The molecule has 0 aromatic carbocycles. The van der Waals surface area contributed by atoms with Gasteiger partial charge in [0.15, 0.2) is 5.96 Å². The Hall–Kier alpha value is -0.510. The second-order valence-corrected chi connectivity index (χ2v) is 7.69. The van der Waals surface area contributed by atoms with Gasteiger partial charge < -0.3 is 24.6 Å². The van der Waals surface area contributed by atoms with E-state index in [0.717, 1.165) is 30.6 Å². The van der Waals surface area contributed by atoms with Gasteiger partial charge in [-0.25, -0.2) is 0 Å². The zero-order valence-electron chi connectivity index (χ0n) is 16.7. The van der Waals surface area contributed by atoms with Crippen molar-refractivity contribution in [3.63, 3.8) is 0 Å². The molecule has 1 unspecified atom stereocenters. The minimum absolute atomic E-state index is 0. The Bertz CT molecular complexity index is 568. The molecule has 1 N–H and O–H groups in total. The number of likely N-dealkylation sites (N-methyl/N-ethyl adjacent to an activating group) is 1. The number of aliphatic imine (C=N–C) groups is 1. The molecular weight excluding hydrogens is 463 g/mol. The second kappa shape index (κ2) is 11.4. The fourth-order valence-corrected chi connectivity index (χ4v) is 3.50. The summed E-state index contributed by atoms with van der Waals surface area (Å²) in [6, 6.07) is 2.00. The monoisotopic (exact) mass is 496 g/mol. The number of hydrogen-bond acceptors (Lipinski definition) is 3. The van der Waals surface area contributed by atoms with Gasteiger partial charge in [0.2, 0.25) is 0 Å². The van der Waals surface area contributed by atoms with E-state index in [2.05, 4.69) is 50.6 Å². The van der Waals surface area contributed by atoms with Crippen LogP contribution in [0, 0.1) is 5.92 Å². The first kappa shape index (κ1) is 23.5. The quantitative estimate of drug-likeness (QED) is 0.372. The highest BCUT2D eigenvalue weighted by Gasteiger charge is 2.17. The third kappa shape index (κ3) is 7.25. The van der Waals surface area contributed by atoms with Gasteiger partial charge in [0.05, 0.1) is 11.6 Å². The molecule has 8 heteroatoms. The fourth-order valence-electron chi connectivity index (χ4n) is 3.23. The summed E-state index contributed by atoms with van der Waals surface area (Å²) in [5, 5.41) is 4.28. The Morgan fingerprint density at radius 2 is 1.96 bits per heavy atom. The summed E-state index contributed by atoms with van der Waals surface area (Å²) in [5.74, 6) is 1.50. The maximum atomic E-state index is 6.07. The van der Waals surface area contributed by atoms with E-state index < -0.39 is 0 Å². The van der Waals surface area contributed by atoms with Gasteiger partial charge in [0.1, 0.15) is 0 Å². The second-order valence-electron chi connectivity index (χ2n) is 7.25. The van der Waals surface area contributed by atoms with Crippen molar-refractivity contribution in [2.45, 2.75) is 13.5 Å². The van der Waals surface area contributed by atoms with Crippen LogP contribution in [0.15, 0.2) is 17.3 Å². The predicted molar refractivity (Wildman–Crippen MR) is 122 cm³/mol. The highest BCUT2D eigenvalue weighted by Crippen LogP contribution is 2.14. The number of nitrogens with one attached hydrogen (secondary N) is 1. The Balaban J connectivity index is 0.00000338. The summed E-state index contributed by atoms with van der Waals surface area (Å²) in [4.78, 5) is 11.5. The molecule has 2 heterocycles. The lowest BCUT2D eigenvalue weighted by molar-refractivity contribution is 0.139. The Morgan fingerprint density at radius 1 is 1.31 bits per heavy atom. The number of aryl methyl sites for hydroxylation is 1. The van der Waals surface area contributed by atoms with Gasteiger partial charge in [-0.15, -0.1) is 24.0 Å². The van der Waals surface area contributed by atoms with E-state index in [1.165, 1.54) is 31.9 Å². The first-order valence-electron chi connectivity index (χ1n) is 9.02. The third-order valence-electron chi connectivity index (χ3n) is 4.82. The van der Waals surface area contributed by atoms with Crippen LogP contribution in [0.25, 0.3) is 0 Å². The summed E-state index contributed by atoms with van der Waals surface area (Å²) in [6.45, 7) is 9.82. The first-order valence-corrected chi connectivity index (χ1v) is 9.40. The molecule has 1 aromatic heterocycles. The van der Waals surface area contributed by atoms with Gasteiger partial charge in [-0.1, -0.05) is 18.5 Å². The topological polar surface area (TPSA) is 39.0 Å². The maximum absolute atomic E-state index is 6.07. The van der Waals surface area contributed by atoms with Crippen LogP contribution in [0.3, 0.4) is 0 Å². The van der Waals surface area contributed by atoms with Crippen LogP contribution in [0.4, 0.5) is 0 Å². The normalized spacial score (nSPS) is 17.7. The predicted octanol–water partition coefficient (Wildman–Crippen LogP) is 2.19. The average Bonchev–Trinajstić information content (AvgIpc) is 2.87. The third-order valence-corrected chi connectivity index (χ3v) is 5.03. The number of hydrogen-bond donors (Lipinski definition) is 1. The molecule has 2 rings (SSSR count). The maximum Gasteiger partial charge on any atom is 0.193 e. The molecule has 1 aromatic rings. The summed E-state index contributed by atoms with van der Waals surface area (Å²) in [7, 11) is 8.11. The molecule has 1 aliphatic rings. The van der Waals surface area contributed by atoms with Gasteiger partial charge in [-0.2, -0.15) is 0 Å². The van der Waals surface area contributed by atoms with E-state index in [1.807, 2.05) is 26.4 Å². The zero-order valence-corrected chi connectivity index (χ0v) is 19.8. The number of guanidine groups is 1. The summed E-state index contributed by atoms with van der Waals surface area (Å²) >= 11 is 6.07. The van der Waals surface area contributed by atoms with E-state index >= 15 is 0 Å². The summed E-state index contributed by atoms with van der Waals surface area (Å²) in [5.41, 5.74) is 1.17. The van der Waals surface area contributed by atoms with Crippen molar-refractivity contribution < 1.29 is 0 Å². The van der Waals surface area contributed by atoms with Crippen LogP contribution in [0.2, 0.25) is 5.02 Å². The molecule has 26 heavy (non-hydrogen) atoms. The van der Waals surface area contributed by atoms with Gasteiger partial charge in [-0.3, -0.25) is 4.99 Å². The molecule has 0 radical (unpaired) electrons. The average molecular weight is 497 g/mol. The number of rotatable bonds is 6. The molecule has 0 aliphatic carbocycles. The van der Waals surface area contributed by atoms with Crippen molar-refractivity contribution in [2.24, 2.45) is 18.0 Å². The molecule has 6 nitrogen and oxygen atoms in total. The number of nitrogens with zero attached hydrogens (tertiary/aromatic N) is 5. The SMILES string of the molecule is CN=C(NCC(C)CN1CCN(C)CC1)N(C)Cc1cc(Cl)cn1C.I. The van der Waals surface area contributed by atoms with Crippen molar-refractivity contribution in [3.05, 3.63) is 23.0 Å². The van der Waals surface area contributed by atoms with Gasteiger partial charge in [0.25, 0.3) is 0 Å². The lowest BCUT2D eigenvalue weighted by atomic mass is 10.1. The van der Waals surface area contributed by atoms with Gasteiger partial charge in [0, 0.05) is 72.3 Å². The molecule has 1 fully saturated rings. The largest absolute Gasteiger partial charge is 0.356 e. The minimum Gasteiger partial charge on any atom is -0.356 e. The van der Waals surface area contributed by atoms with Crippen molar-refractivity contribution in [3.8, 4) is 0 Å². The Labute approximate surface area is 180 Å². The van der Waals surface area contributed by atoms with Gasteiger partial charge in [-0.05, 0) is 19.0 Å². The smallest absolute Gasteiger partial charge is 0.193 e. The zero-order chi connectivity index (χ0) is 18.4. The summed E-state index contributed by atoms with van der Waals surface area (Å²) < 4.78 is 2.06. The molecule has 150 valence electrons. The highest BCUT2D eigenvalue weighted by atomic mass is 127. The molecule has 0 amide bonds. The lowest BCUT2D eigenvalue weighted by Gasteiger charge is -2.34. The molecule has 1 atom stereocenters.